The molecule has 3 heteroatoms. The first-order valence-corrected chi connectivity index (χ1v) is 22.3. The van der Waals surface area contributed by atoms with Gasteiger partial charge in [-0.15, -0.1) is 0 Å². The fourth-order valence-corrected chi connectivity index (χ4v) is 10.3. The van der Waals surface area contributed by atoms with Gasteiger partial charge < -0.3 is 13.9 Å². The Morgan fingerprint density at radius 1 is 0.323 bits per heavy atom. The van der Waals surface area contributed by atoms with Gasteiger partial charge >= 0.3 is 0 Å². The van der Waals surface area contributed by atoms with Crippen molar-refractivity contribution in [1.29, 1.82) is 0 Å². The van der Waals surface area contributed by atoms with Gasteiger partial charge in [0.05, 0.1) is 22.4 Å². The molecule has 11 aromatic carbocycles. The summed E-state index contributed by atoms with van der Waals surface area (Å²) in [5.74, 6) is 0. The number of fused-ring (bicyclic) bond motifs is 9. The quantitative estimate of drug-likeness (QED) is 0.149. The molecule has 0 fully saturated rings. The van der Waals surface area contributed by atoms with Gasteiger partial charge in [-0.1, -0.05) is 182 Å². The van der Waals surface area contributed by atoms with Gasteiger partial charge in [0.2, 0.25) is 0 Å². The topological polar surface area (TPSA) is 21.3 Å². The molecule has 3 nitrogen and oxygen atoms in total. The Labute approximate surface area is 376 Å². The van der Waals surface area contributed by atoms with Crippen LogP contribution in [0.4, 0.5) is 17.1 Å². The van der Waals surface area contributed by atoms with Crippen LogP contribution in [0.25, 0.3) is 104 Å². The monoisotopic (exact) mass is 828 g/mol. The van der Waals surface area contributed by atoms with E-state index in [-0.39, 0.29) is 0 Å². The van der Waals surface area contributed by atoms with E-state index in [4.69, 9.17) is 4.42 Å². The third kappa shape index (κ3) is 5.97. The second kappa shape index (κ2) is 15.0. The van der Waals surface area contributed by atoms with Crippen molar-refractivity contribution >= 4 is 82.4 Å². The van der Waals surface area contributed by atoms with Crippen LogP contribution >= 0.6 is 0 Å². The van der Waals surface area contributed by atoms with Crippen molar-refractivity contribution in [3.8, 4) is 39.1 Å². The molecule has 2 heterocycles. The third-order valence-electron chi connectivity index (χ3n) is 13.2. The summed E-state index contributed by atoms with van der Waals surface area (Å²) in [6.07, 6.45) is 0. The van der Waals surface area contributed by atoms with Crippen molar-refractivity contribution in [1.82, 2.24) is 4.57 Å². The van der Waals surface area contributed by atoms with Gasteiger partial charge in [-0.2, -0.15) is 0 Å². The standard InChI is InChI=1S/C62H40N2O/c1-2-20-46-43(17-1)40-56(49-22-4-3-21-48(46)49)41-35-37-44(38-36-41)63(45-19-15-18-42(39-45)47-28-16-29-55-54-27-9-14-34-61(54)65-62(47)55)57-30-10-5-23-50(57)51-24-6-11-31-58(51)64-59-32-12-7-25-52(59)53-26-8-13-33-60(53)64/h1-40H. The summed E-state index contributed by atoms with van der Waals surface area (Å²) in [5.41, 5.74) is 15.2. The van der Waals surface area contributed by atoms with Crippen LogP contribution in [0.5, 0.6) is 0 Å². The van der Waals surface area contributed by atoms with Gasteiger partial charge in [0.25, 0.3) is 0 Å². The minimum atomic E-state index is 0.892. The first-order chi connectivity index (χ1) is 32.3. The molecule has 0 saturated carbocycles. The number of aromatic nitrogens is 1. The summed E-state index contributed by atoms with van der Waals surface area (Å²) >= 11 is 0. The summed E-state index contributed by atoms with van der Waals surface area (Å²) in [7, 11) is 0. The average molecular weight is 829 g/mol. The summed E-state index contributed by atoms with van der Waals surface area (Å²) in [4.78, 5) is 2.42. The third-order valence-corrected chi connectivity index (χ3v) is 13.2. The lowest BCUT2D eigenvalue weighted by molar-refractivity contribution is 0.670. The van der Waals surface area contributed by atoms with E-state index in [9.17, 15) is 0 Å². The number of para-hydroxylation sites is 6. The van der Waals surface area contributed by atoms with Gasteiger partial charge in [0.1, 0.15) is 11.2 Å². The zero-order chi connectivity index (χ0) is 42.8. The first-order valence-electron chi connectivity index (χ1n) is 22.3. The van der Waals surface area contributed by atoms with Crippen LogP contribution in [-0.4, -0.2) is 4.57 Å². The Kier molecular flexibility index (Phi) is 8.53. The average Bonchev–Trinajstić information content (AvgIpc) is 3.93. The zero-order valence-electron chi connectivity index (χ0n) is 35.4. The summed E-state index contributed by atoms with van der Waals surface area (Å²) in [5, 5.41) is 9.73. The van der Waals surface area contributed by atoms with Crippen LogP contribution in [0, 0.1) is 0 Å². The van der Waals surface area contributed by atoms with E-state index in [1.54, 1.807) is 0 Å². The van der Waals surface area contributed by atoms with E-state index < -0.39 is 0 Å². The maximum absolute atomic E-state index is 6.59. The molecule has 65 heavy (non-hydrogen) atoms. The minimum absolute atomic E-state index is 0.892. The van der Waals surface area contributed by atoms with Crippen LogP contribution in [0.3, 0.4) is 0 Å². The predicted octanol–water partition coefficient (Wildman–Crippen LogP) is 17.5. The maximum atomic E-state index is 6.59. The number of benzene rings is 11. The lowest BCUT2D eigenvalue weighted by atomic mass is 9.93. The second-order valence-corrected chi connectivity index (χ2v) is 16.8. The minimum Gasteiger partial charge on any atom is -0.455 e. The van der Waals surface area contributed by atoms with Crippen molar-refractivity contribution in [3.63, 3.8) is 0 Å². The molecule has 0 N–H and O–H groups in total. The molecule has 304 valence electrons. The Balaban J connectivity index is 1.02. The summed E-state index contributed by atoms with van der Waals surface area (Å²) in [6.45, 7) is 0. The lowest BCUT2D eigenvalue weighted by Crippen LogP contribution is -2.12. The lowest BCUT2D eigenvalue weighted by Gasteiger charge is -2.29. The molecule has 0 aliphatic carbocycles. The molecule has 0 unspecified atom stereocenters. The van der Waals surface area contributed by atoms with Gasteiger partial charge in [-0.25, -0.2) is 0 Å². The molecule has 0 bridgehead atoms. The van der Waals surface area contributed by atoms with Crippen LogP contribution in [0.2, 0.25) is 0 Å². The number of nitrogens with zero attached hydrogens (tertiary/aromatic N) is 2. The highest BCUT2D eigenvalue weighted by Gasteiger charge is 2.22. The molecular formula is C62H40N2O. The molecule has 0 radical (unpaired) electrons. The number of anilines is 3. The highest BCUT2D eigenvalue weighted by atomic mass is 16.3. The molecule has 13 rings (SSSR count). The van der Waals surface area contributed by atoms with Crippen molar-refractivity contribution < 1.29 is 4.42 Å². The van der Waals surface area contributed by atoms with Crippen LogP contribution < -0.4 is 4.90 Å². The van der Waals surface area contributed by atoms with Crippen LogP contribution in [-0.2, 0) is 0 Å². The molecular weight excluding hydrogens is 789 g/mol. The summed E-state index contributed by atoms with van der Waals surface area (Å²) < 4.78 is 9.02. The van der Waals surface area contributed by atoms with Crippen LogP contribution in [0.15, 0.2) is 247 Å². The molecule has 0 aliphatic heterocycles. The fourth-order valence-electron chi connectivity index (χ4n) is 10.3. The maximum Gasteiger partial charge on any atom is 0.143 e. The molecule has 0 aliphatic rings. The van der Waals surface area contributed by atoms with Gasteiger partial charge in [0.15, 0.2) is 0 Å². The van der Waals surface area contributed by atoms with E-state index in [2.05, 4.69) is 246 Å². The SMILES string of the molecule is c1cc(-c2cccc3c2oc2ccccc23)cc(N(c2ccc(-c3cc4ccccc4c4ccccc34)cc2)c2ccccc2-c2ccccc2-n2c3ccccc3c3ccccc32)c1. The molecule has 0 atom stereocenters. The largest absolute Gasteiger partial charge is 0.455 e. The zero-order valence-corrected chi connectivity index (χ0v) is 35.4. The number of hydrogen-bond donors (Lipinski definition) is 0. The van der Waals surface area contributed by atoms with Gasteiger partial charge in [-0.05, 0) is 98.9 Å². The van der Waals surface area contributed by atoms with E-state index in [1.165, 1.54) is 54.5 Å². The van der Waals surface area contributed by atoms with Gasteiger partial charge in [-0.3, -0.25) is 0 Å². The van der Waals surface area contributed by atoms with E-state index >= 15 is 0 Å². The molecule has 0 amide bonds. The van der Waals surface area contributed by atoms with E-state index in [1.807, 2.05) is 6.07 Å². The second-order valence-electron chi connectivity index (χ2n) is 16.8. The van der Waals surface area contributed by atoms with Crippen LogP contribution in [0.1, 0.15) is 0 Å². The fraction of sp³-hybridized carbons (Fsp3) is 0. The molecule has 0 saturated heterocycles. The predicted molar refractivity (Wildman–Crippen MR) is 274 cm³/mol. The molecule has 0 spiro atoms. The normalized spacial score (nSPS) is 11.7. The van der Waals surface area contributed by atoms with Crippen molar-refractivity contribution in [2.45, 2.75) is 0 Å². The van der Waals surface area contributed by atoms with Crippen molar-refractivity contribution in [2.24, 2.45) is 0 Å². The number of hydrogen-bond acceptors (Lipinski definition) is 2. The molecule has 2 aromatic heterocycles. The van der Waals surface area contributed by atoms with Crippen molar-refractivity contribution in [2.75, 3.05) is 4.90 Å². The highest BCUT2D eigenvalue weighted by molar-refractivity contribution is 6.14. The number of rotatable bonds is 7. The first kappa shape index (κ1) is 36.9. The highest BCUT2D eigenvalue weighted by Crippen LogP contribution is 2.46. The summed E-state index contributed by atoms with van der Waals surface area (Å²) in [6, 6.07) is 87.8. The Morgan fingerprint density at radius 2 is 0.908 bits per heavy atom. The number of furan rings is 1. The van der Waals surface area contributed by atoms with Crippen molar-refractivity contribution in [3.05, 3.63) is 243 Å². The Bertz CT molecular complexity index is 3910. The molecule has 13 aromatic rings. The smallest absolute Gasteiger partial charge is 0.143 e. The van der Waals surface area contributed by atoms with E-state index in [0.717, 1.165) is 66.9 Å². The Hall–Kier alpha value is -8.66. The van der Waals surface area contributed by atoms with E-state index in [0.29, 0.717) is 0 Å². The Morgan fingerprint density at radius 3 is 1.71 bits per heavy atom. The van der Waals surface area contributed by atoms with Gasteiger partial charge in [0, 0.05) is 49.6 Å².